The molecule has 2 rings (SSSR count). The number of hydrogen-bond donors (Lipinski definition) is 2. The number of para-hydroxylation sites is 2. The highest BCUT2D eigenvalue weighted by atomic mass is 16.5. The maximum Gasteiger partial charge on any atom is 0.340 e. The van der Waals surface area contributed by atoms with Gasteiger partial charge in [-0.1, -0.05) is 30.3 Å². The summed E-state index contributed by atoms with van der Waals surface area (Å²) in [4.78, 5) is 23.7. The highest BCUT2D eigenvalue weighted by Crippen LogP contribution is 2.16. The monoisotopic (exact) mass is 312 g/mol. The zero-order valence-electron chi connectivity index (χ0n) is 13.0. The van der Waals surface area contributed by atoms with E-state index in [1.165, 1.54) is 0 Å². The van der Waals surface area contributed by atoms with Crippen molar-refractivity contribution in [3.63, 3.8) is 0 Å². The van der Waals surface area contributed by atoms with Gasteiger partial charge >= 0.3 is 5.97 Å². The van der Waals surface area contributed by atoms with E-state index in [4.69, 9.17) is 4.74 Å². The van der Waals surface area contributed by atoms with Gasteiger partial charge in [-0.15, -0.1) is 0 Å². The molecule has 120 valence electrons. The third-order valence-electron chi connectivity index (χ3n) is 3.15. The van der Waals surface area contributed by atoms with Gasteiger partial charge in [-0.2, -0.15) is 0 Å². The van der Waals surface area contributed by atoms with Crippen molar-refractivity contribution in [2.75, 3.05) is 23.8 Å². The van der Waals surface area contributed by atoms with Gasteiger partial charge in [-0.05, 0) is 31.2 Å². The molecule has 0 fully saturated rings. The van der Waals surface area contributed by atoms with E-state index >= 15 is 0 Å². The molecule has 0 heterocycles. The smallest absolute Gasteiger partial charge is 0.340 e. The van der Waals surface area contributed by atoms with Crippen LogP contribution in [0.25, 0.3) is 0 Å². The van der Waals surface area contributed by atoms with E-state index in [9.17, 15) is 9.59 Å². The fourth-order valence-electron chi connectivity index (χ4n) is 2.08. The third-order valence-corrected chi connectivity index (χ3v) is 3.15. The molecule has 0 saturated heterocycles. The number of nitrogens with one attached hydrogen (secondary N) is 2. The summed E-state index contributed by atoms with van der Waals surface area (Å²) in [6.45, 7) is 2.52. The number of benzene rings is 2. The second kappa shape index (κ2) is 8.58. The molecule has 2 aromatic rings. The first-order valence-corrected chi connectivity index (χ1v) is 7.55. The Balaban J connectivity index is 1.86. The van der Waals surface area contributed by atoms with Gasteiger partial charge in [0.05, 0.1) is 12.2 Å². The Labute approximate surface area is 135 Å². The van der Waals surface area contributed by atoms with Crippen LogP contribution in [0.5, 0.6) is 0 Å². The van der Waals surface area contributed by atoms with Crippen LogP contribution in [0.4, 0.5) is 11.4 Å². The lowest BCUT2D eigenvalue weighted by molar-refractivity contribution is -0.115. The van der Waals surface area contributed by atoms with E-state index in [0.29, 0.717) is 30.8 Å². The fourth-order valence-corrected chi connectivity index (χ4v) is 2.08. The average molecular weight is 312 g/mol. The van der Waals surface area contributed by atoms with Crippen molar-refractivity contribution in [1.82, 2.24) is 0 Å². The molecule has 0 aromatic heterocycles. The number of ether oxygens (including phenoxy) is 1. The zero-order valence-corrected chi connectivity index (χ0v) is 13.0. The van der Waals surface area contributed by atoms with Gasteiger partial charge in [0.1, 0.15) is 0 Å². The summed E-state index contributed by atoms with van der Waals surface area (Å²) in [6.07, 6.45) is 0.298. The van der Waals surface area contributed by atoms with E-state index in [-0.39, 0.29) is 11.9 Å². The topological polar surface area (TPSA) is 67.4 Å². The largest absolute Gasteiger partial charge is 0.462 e. The third kappa shape index (κ3) is 5.14. The van der Waals surface area contributed by atoms with Crippen LogP contribution in [-0.4, -0.2) is 25.0 Å². The number of carbonyl (C=O) groups excluding carboxylic acids is 2. The molecule has 2 aromatic carbocycles. The van der Waals surface area contributed by atoms with E-state index in [0.717, 1.165) is 5.69 Å². The molecule has 5 nitrogen and oxygen atoms in total. The normalized spacial score (nSPS) is 9.96. The minimum atomic E-state index is -0.371. The first-order chi connectivity index (χ1) is 11.2. The van der Waals surface area contributed by atoms with Crippen LogP contribution < -0.4 is 10.6 Å². The molecular weight excluding hydrogens is 292 g/mol. The van der Waals surface area contributed by atoms with Crippen molar-refractivity contribution in [2.45, 2.75) is 13.3 Å². The Bertz CT molecular complexity index is 656. The van der Waals surface area contributed by atoms with Gasteiger partial charge in [0, 0.05) is 24.3 Å². The molecule has 5 heteroatoms. The molecular formula is C18H20N2O3. The highest BCUT2D eigenvalue weighted by Gasteiger charge is 2.11. The molecule has 0 aliphatic carbocycles. The van der Waals surface area contributed by atoms with E-state index in [1.54, 1.807) is 25.1 Å². The zero-order chi connectivity index (χ0) is 16.5. The first-order valence-electron chi connectivity index (χ1n) is 7.55. The molecule has 0 aliphatic heterocycles. The predicted molar refractivity (Wildman–Crippen MR) is 90.6 cm³/mol. The molecule has 0 atom stereocenters. The van der Waals surface area contributed by atoms with Crippen molar-refractivity contribution in [1.29, 1.82) is 0 Å². The number of rotatable bonds is 7. The van der Waals surface area contributed by atoms with Gasteiger partial charge in [-0.3, -0.25) is 4.79 Å². The highest BCUT2D eigenvalue weighted by molar-refractivity contribution is 5.96. The van der Waals surface area contributed by atoms with Crippen molar-refractivity contribution < 1.29 is 14.3 Å². The summed E-state index contributed by atoms with van der Waals surface area (Å²) in [6, 6.07) is 16.4. The van der Waals surface area contributed by atoms with E-state index in [1.807, 2.05) is 36.4 Å². The summed E-state index contributed by atoms with van der Waals surface area (Å²) >= 11 is 0. The molecule has 0 bridgehead atoms. The lowest BCUT2D eigenvalue weighted by atomic mass is 10.1. The molecule has 23 heavy (non-hydrogen) atoms. The Morgan fingerprint density at radius 2 is 1.70 bits per heavy atom. The van der Waals surface area contributed by atoms with Gasteiger partial charge in [0.25, 0.3) is 0 Å². The SMILES string of the molecule is CCOC(=O)c1ccccc1NCCC(=O)Nc1ccccc1. The van der Waals surface area contributed by atoms with Gasteiger partial charge in [0.15, 0.2) is 0 Å². The quantitative estimate of drug-likeness (QED) is 0.770. The summed E-state index contributed by atoms with van der Waals surface area (Å²) in [5, 5.41) is 5.92. The van der Waals surface area contributed by atoms with Crippen molar-refractivity contribution >= 4 is 23.3 Å². The molecule has 0 radical (unpaired) electrons. The van der Waals surface area contributed by atoms with Crippen LogP contribution in [-0.2, 0) is 9.53 Å². The van der Waals surface area contributed by atoms with Crippen molar-refractivity contribution in [3.8, 4) is 0 Å². The van der Waals surface area contributed by atoms with E-state index in [2.05, 4.69) is 10.6 Å². The standard InChI is InChI=1S/C18H20N2O3/c1-2-23-18(22)15-10-6-7-11-16(15)19-13-12-17(21)20-14-8-4-3-5-9-14/h3-11,19H,2,12-13H2,1H3,(H,20,21). The second-order valence-corrected chi connectivity index (χ2v) is 4.86. The van der Waals surface area contributed by atoms with Crippen LogP contribution in [0, 0.1) is 0 Å². The fraction of sp³-hybridized carbons (Fsp3) is 0.222. The average Bonchev–Trinajstić information content (AvgIpc) is 2.56. The second-order valence-electron chi connectivity index (χ2n) is 4.86. The van der Waals surface area contributed by atoms with Crippen LogP contribution in [0.15, 0.2) is 54.6 Å². The molecule has 0 unspecified atom stereocenters. The summed E-state index contributed by atoms with van der Waals surface area (Å²) in [5.74, 6) is -0.457. The number of amides is 1. The van der Waals surface area contributed by atoms with Gasteiger partial charge in [-0.25, -0.2) is 4.79 Å². The molecule has 0 aliphatic rings. The number of anilines is 2. The maximum atomic E-state index is 11.9. The Hall–Kier alpha value is -2.82. The predicted octanol–water partition coefficient (Wildman–Crippen LogP) is 3.30. The molecule has 2 N–H and O–H groups in total. The minimum Gasteiger partial charge on any atom is -0.462 e. The Morgan fingerprint density at radius 1 is 1.00 bits per heavy atom. The van der Waals surface area contributed by atoms with E-state index < -0.39 is 0 Å². The maximum absolute atomic E-state index is 11.9. The van der Waals surface area contributed by atoms with Gasteiger partial charge in [0.2, 0.25) is 5.91 Å². The van der Waals surface area contributed by atoms with Gasteiger partial charge < -0.3 is 15.4 Å². The summed E-state index contributed by atoms with van der Waals surface area (Å²) in [7, 11) is 0. The minimum absolute atomic E-state index is 0.0858. The van der Waals surface area contributed by atoms with Crippen LogP contribution in [0.3, 0.4) is 0 Å². The first kappa shape index (κ1) is 16.5. The summed E-state index contributed by atoms with van der Waals surface area (Å²) < 4.78 is 5.02. The Kier molecular flexibility index (Phi) is 6.17. The Morgan fingerprint density at radius 3 is 2.43 bits per heavy atom. The van der Waals surface area contributed by atoms with Crippen molar-refractivity contribution in [3.05, 3.63) is 60.2 Å². The molecule has 0 saturated carbocycles. The number of hydrogen-bond acceptors (Lipinski definition) is 4. The lowest BCUT2D eigenvalue weighted by Gasteiger charge is -2.11. The van der Waals surface area contributed by atoms with Crippen molar-refractivity contribution in [2.24, 2.45) is 0 Å². The lowest BCUT2D eigenvalue weighted by Crippen LogP contribution is -2.17. The summed E-state index contributed by atoms with van der Waals surface area (Å²) in [5.41, 5.74) is 1.90. The molecule has 0 spiro atoms. The number of esters is 1. The van der Waals surface area contributed by atoms with Crippen LogP contribution >= 0.6 is 0 Å². The van der Waals surface area contributed by atoms with Crippen LogP contribution in [0.2, 0.25) is 0 Å². The number of carbonyl (C=O) groups is 2. The molecule has 1 amide bonds. The van der Waals surface area contributed by atoms with Crippen LogP contribution in [0.1, 0.15) is 23.7 Å².